The fraction of sp³-hybridized carbons (Fsp3) is 0.769. The number of carbonyl (C=O) groups excluding carboxylic acids is 2. The lowest BCUT2D eigenvalue weighted by Crippen LogP contribution is -2.51. The van der Waals surface area contributed by atoms with Crippen molar-refractivity contribution in [3.8, 4) is 0 Å². The molecule has 4 rings (SSSR count). The Morgan fingerprint density at radius 3 is 2.66 bits per heavy atom. The van der Waals surface area contributed by atoms with Crippen molar-refractivity contribution in [3.05, 3.63) is 11.6 Å². The molecule has 0 heterocycles. The minimum absolute atomic E-state index is 0.0727. The number of carboxylic acid groups (broad SMARTS) is 1. The molecule has 0 saturated heterocycles. The highest BCUT2D eigenvalue weighted by molar-refractivity contribution is 5.96. The first-order valence-electron chi connectivity index (χ1n) is 12.9. The zero-order chi connectivity index (χ0) is 25.4. The lowest BCUT2D eigenvalue weighted by Gasteiger charge is -2.57. The maximum Gasteiger partial charge on any atom is 0.326 e. The molecule has 194 valence electrons. The van der Waals surface area contributed by atoms with Crippen LogP contribution >= 0.6 is 0 Å². The van der Waals surface area contributed by atoms with Crippen LogP contribution in [0.4, 0.5) is 0 Å². The molecular formula is C26H39N3O6. The molecule has 35 heavy (non-hydrogen) atoms. The quantitative estimate of drug-likeness (QED) is 0.385. The zero-order valence-electron chi connectivity index (χ0n) is 20.8. The number of nitrogens with two attached hydrogens (primary N) is 1. The Labute approximate surface area is 206 Å². The number of aliphatic hydroxyl groups is 1. The average Bonchev–Trinajstić information content (AvgIpc) is 3.11. The normalized spacial score (nSPS) is 37.9. The number of hydrogen-bond acceptors (Lipinski definition) is 6. The molecule has 4 aliphatic carbocycles. The SMILES string of the molecule is C[C@]12CCC3C(CCC4=CC(=NOCC(=O)NC(CCC(N)=O)C(=O)O)CC[C@@]43C)C1CCC2O. The molecule has 0 aromatic carbocycles. The van der Waals surface area contributed by atoms with Crippen LogP contribution in [0.15, 0.2) is 16.8 Å². The number of rotatable bonds is 8. The summed E-state index contributed by atoms with van der Waals surface area (Å²) in [7, 11) is 0. The van der Waals surface area contributed by atoms with Gasteiger partial charge in [-0.1, -0.05) is 24.6 Å². The second-order valence-corrected chi connectivity index (χ2v) is 11.5. The number of oxime groups is 1. The van der Waals surface area contributed by atoms with Crippen molar-refractivity contribution in [2.24, 2.45) is 39.5 Å². The first-order chi connectivity index (χ1) is 16.5. The van der Waals surface area contributed by atoms with Crippen LogP contribution in [0, 0.1) is 28.6 Å². The summed E-state index contributed by atoms with van der Waals surface area (Å²) < 4.78 is 0. The van der Waals surface area contributed by atoms with Gasteiger partial charge in [0.2, 0.25) is 5.91 Å². The number of amides is 2. The lowest BCUT2D eigenvalue weighted by atomic mass is 9.47. The molecule has 5 unspecified atom stereocenters. The summed E-state index contributed by atoms with van der Waals surface area (Å²) in [6.07, 6.45) is 10.1. The van der Waals surface area contributed by atoms with Crippen LogP contribution in [0.3, 0.4) is 0 Å². The number of carbonyl (C=O) groups is 3. The molecule has 3 saturated carbocycles. The summed E-state index contributed by atoms with van der Waals surface area (Å²) in [4.78, 5) is 39.5. The van der Waals surface area contributed by atoms with E-state index in [1.54, 1.807) is 0 Å². The van der Waals surface area contributed by atoms with Crippen LogP contribution in [0.2, 0.25) is 0 Å². The van der Waals surface area contributed by atoms with E-state index in [1.165, 1.54) is 5.57 Å². The summed E-state index contributed by atoms with van der Waals surface area (Å²) in [6, 6.07) is -1.20. The van der Waals surface area contributed by atoms with Crippen LogP contribution in [0.1, 0.15) is 78.1 Å². The molecule has 2 amide bonds. The largest absolute Gasteiger partial charge is 0.480 e. The van der Waals surface area contributed by atoms with Gasteiger partial charge in [-0.3, -0.25) is 9.59 Å². The smallest absolute Gasteiger partial charge is 0.326 e. The van der Waals surface area contributed by atoms with E-state index in [9.17, 15) is 24.6 Å². The van der Waals surface area contributed by atoms with E-state index in [0.717, 1.165) is 57.1 Å². The van der Waals surface area contributed by atoms with Gasteiger partial charge in [0.15, 0.2) is 6.61 Å². The number of nitrogens with zero attached hydrogens (tertiary/aromatic N) is 1. The summed E-state index contributed by atoms with van der Waals surface area (Å²) in [6.45, 7) is 4.30. The highest BCUT2D eigenvalue weighted by Crippen LogP contribution is 2.65. The van der Waals surface area contributed by atoms with Crippen LogP contribution in [0.25, 0.3) is 0 Å². The average molecular weight is 490 g/mol. The number of aliphatic hydroxyl groups excluding tert-OH is 1. The first kappa shape index (κ1) is 25.7. The minimum Gasteiger partial charge on any atom is -0.480 e. The van der Waals surface area contributed by atoms with Crippen molar-refractivity contribution in [2.75, 3.05) is 6.61 Å². The number of hydrogen-bond donors (Lipinski definition) is 4. The number of primary amides is 1. The number of carboxylic acids is 1. The predicted octanol–water partition coefficient (Wildman–Crippen LogP) is 2.52. The number of fused-ring (bicyclic) bond motifs is 5. The van der Waals surface area contributed by atoms with Gasteiger partial charge in [0.1, 0.15) is 6.04 Å². The predicted molar refractivity (Wildman–Crippen MR) is 129 cm³/mol. The Hall–Kier alpha value is -2.42. The fourth-order valence-electron chi connectivity index (χ4n) is 7.57. The maximum absolute atomic E-state index is 12.1. The van der Waals surface area contributed by atoms with Crippen molar-refractivity contribution >= 4 is 23.5 Å². The van der Waals surface area contributed by atoms with Crippen molar-refractivity contribution in [3.63, 3.8) is 0 Å². The van der Waals surface area contributed by atoms with Gasteiger partial charge in [-0.2, -0.15) is 0 Å². The Bertz CT molecular complexity index is 932. The monoisotopic (exact) mass is 489 g/mol. The van der Waals surface area contributed by atoms with E-state index in [-0.39, 0.29) is 29.8 Å². The third kappa shape index (κ3) is 4.97. The molecule has 0 aromatic rings. The third-order valence-corrected chi connectivity index (χ3v) is 9.62. The van der Waals surface area contributed by atoms with Gasteiger partial charge in [-0.05, 0) is 92.4 Å². The summed E-state index contributed by atoms with van der Waals surface area (Å²) >= 11 is 0. The topological polar surface area (TPSA) is 151 Å². The number of aliphatic carboxylic acids is 1. The minimum atomic E-state index is -1.23. The molecule has 5 N–H and O–H groups in total. The first-order valence-corrected chi connectivity index (χ1v) is 12.9. The van der Waals surface area contributed by atoms with Gasteiger partial charge >= 0.3 is 5.97 Å². The lowest BCUT2D eigenvalue weighted by molar-refractivity contribution is -0.142. The van der Waals surface area contributed by atoms with Crippen molar-refractivity contribution in [1.29, 1.82) is 0 Å². The van der Waals surface area contributed by atoms with Crippen LogP contribution < -0.4 is 11.1 Å². The molecule has 0 radical (unpaired) electrons. The Morgan fingerprint density at radius 1 is 1.17 bits per heavy atom. The fourth-order valence-corrected chi connectivity index (χ4v) is 7.57. The van der Waals surface area contributed by atoms with Gasteiger partial charge in [-0.25, -0.2) is 4.79 Å². The van der Waals surface area contributed by atoms with Crippen molar-refractivity contribution < 1.29 is 29.4 Å². The molecule has 0 spiro atoms. The molecule has 9 heteroatoms. The second kappa shape index (κ2) is 9.91. The van der Waals surface area contributed by atoms with Gasteiger partial charge < -0.3 is 26.1 Å². The summed E-state index contributed by atoms with van der Waals surface area (Å²) in [5.41, 5.74) is 7.50. The van der Waals surface area contributed by atoms with E-state index in [1.807, 2.05) is 0 Å². The van der Waals surface area contributed by atoms with E-state index in [2.05, 4.69) is 30.4 Å². The molecule has 0 aromatic heterocycles. The van der Waals surface area contributed by atoms with E-state index < -0.39 is 30.4 Å². The molecular weight excluding hydrogens is 450 g/mol. The van der Waals surface area contributed by atoms with Crippen LogP contribution in [0.5, 0.6) is 0 Å². The summed E-state index contributed by atoms with van der Waals surface area (Å²) in [5, 5.41) is 26.4. The Kier molecular flexibility index (Phi) is 7.27. The maximum atomic E-state index is 12.1. The molecule has 9 nitrogen and oxygen atoms in total. The number of nitrogens with one attached hydrogen (secondary N) is 1. The number of allylic oxidation sites excluding steroid dienone is 2. The standard InChI is InChI=1S/C26H39N3O6/c1-25-11-9-16(29-35-14-23(32)28-20(24(33)34)6-8-22(27)31)13-15(25)3-4-17-18-5-7-21(30)26(18,2)12-10-19(17)25/h13,17-21,30H,3-12,14H2,1-2H3,(H2,27,31)(H,28,32)(H,33,34)/t17?,18?,19?,20?,21?,25-,26-/m0/s1. The van der Waals surface area contributed by atoms with Gasteiger partial charge in [0.25, 0.3) is 5.91 Å². The Balaban J connectivity index is 1.35. The van der Waals surface area contributed by atoms with Gasteiger partial charge in [0.05, 0.1) is 11.8 Å². The van der Waals surface area contributed by atoms with Gasteiger partial charge in [0, 0.05) is 6.42 Å². The third-order valence-electron chi connectivity index (χ3n) is 9.62. The zero-order valence-corrected chi connectivity index (χ0v) is 20.8. The van der Waals surface area contributed by atoms with E-state index >= 15 is 0 Å². The Morgan fingerprint density at radius 2 is 1.94 bits per heavy atom. The van der Waals surface area contributed by atoms with E-state index in [0.29, 0.717) is 17.8 Å². The van der Waals surface area contributed by atoms with E-state index in [4.69, 9.17) is 10.6 Å². The molecule has 0 bridgehead atoms. The second-order valence-electron chi connectivity index (χ2n) is 11.5. The van der Waals surface area contributed by atoms with Crippen molar-refractivity contribution in [1.82, 2.24) is 5.32 Å². The molecule has 3 fully saturated rings. The molecule has 7 atom stereocenters. The van der Waals surface area contributed by atoms with Gasteiger partial charge in [-0.15, -0.1) is 0 Å². The molecule has 4 aliphatic rings. The highest BCUT2D eigenvalue weighted by atomic mass is 16.6. The summed E-state index contributed by atoms with van der Waals surface area (Å²) in [5.74, 6) is -0.542. The highest BCUT2D eigenvalue weighted by Gasteiger charge is 2.58. The van der Waals surface area contributed by atoms with Crippen LogP contribution in [-0.2, 0) is 19.2 Å². The van der Waals surface area contributed by atoms with Crippen molar-refractivity contribution in [2.45, 2.75) is 90.2 Å². The molecule has 0 aliphatic heterocycles. The van der Waals surface area contributed by atoms with Crippen LogP contribution in [-0.4, -0.2) is 52.5 Å².